The average Bonchev–Trinajstić information content (AvgIpc) is 3.30. The lowest BCUT2D eigenvalue weighted by molar-refractivity contribution is 0.0943. The Bertz CT molecular complexity index is 1610. The number of hydrogen-bond donors (Lipinski definition) is 1. The molecule has 36 heavy (non-hydrogen) atoms. The highest BCUT2D eigenvalue weighted by molar-refractivity contribution is 7.98. The largest absolute Gasteiger partial charge is 0.350 e. The van der Waals surface area contributed by atoms with E-state index in [4.69, 9.17) is 0 Å². The molecule has 7 nitrogen and oxygen atoms in total. The maximum absolute atomic E-state index is 13.6. The number of hydrogen-bond acceptors (Lipinski definition) is 5. The summed E-state index contributed by atoms with van der Waals surface area (Å²) in [6.07, 6.45) is 0. The minimum atomic E-state index is -0.185. The third-order valence-electron chi connectivity index (χ3n) is 5.93. The molecule has 0 spiro atoms. The van der Waals surface area contributed by atoms with Gasteiger partial charge in [0.15, 0.2) is 5.16 Å². The van der Waals surface area contributed by atoms with Crippen molar-refractivity contribution < 1.29 is 4.79 Å². The molecule has 0 unspecified atom stereocenters. The number of carbonyl (C=O) groups excluding carboxylic acids is 1. The highest BCUT2D eigenvalue weighted by atomic mass is 32.2. The van der Waals surface area contributed by atoms with Crippen LogP contribution in [0, 0.1) is 6.92 Å². The number of fused-ring (bicyclic) bond motifs is 3. The topological polar surface area (TPSA) is 81.3 Å². The number of rotatable bonds is 7. The molecule has 0 aliphatic carbocycles. The summed E-state index contributed by atoms with van der Waals surface area (Å²) in [4.78, 5) is 26.4. The molecule has 1 N–H and O–H groups in total. The van der Waals surface area contributed by atoms with Crippen molar-refractivity contribution in [1.29, 1.82) is 0 Å². The molecule has 0 atom stereocenters. The summed E-state index contributed by atoms with van der Waals surface area (Å²) in [6, 6.07) is 23.4. The Morgan fingerprint density at radius 3 is 2.44 bits per heavy atom. The maximum atomic E-state index is 13.6. The number of nitrogens with one attached hydrogen (secondary N) is 1. The van der Waals surface area contributed by atoms with E-state index in [1.54, 1.807) is 34.5 Å². The van der Waals surface area contributed by atoms with Crippen LogP contribution in [0.1, 0.15) is 40.9 Å². The van der Waals surface area contributed by atoms with Crippen molar-refractivity contribution in [2.45, 2.75) is 44.3 Å². The lowest BCUT2D eigenvalue weighted by Crippen LogP contribution is -2.30. The van der Waals surface area contributed by atoms with Crippen LogP contribution in [-0.2, 0) is 12.3 Å². The predicted molar refractivity (Wildman–Crippen MR) is 144 cm³/mol. The zero-order valence-corrected chi connectivity index (χ0v) is 21.2. The van der Waals surface area contributed by atoms with E-state index in [2.05, 4.69) is 27.6 Å². The van der Waals surface area contributed by atoms with Gasteiger partial charge in [-0.2, -0.15) is 0 Å². The monoisotopic (exact) mass is 497 g/mol. The van der Waals surface area contributed by atoms with Crippen LogP contribution in [0.5, 0.6) is 0 Å². The third-order valence-corrected chi connectivity index (χ3v) is 6.93. The van der Waals surface area contributed by atoms with Crippen LogP contribution in [0.15, 0.2) is 82.7 Å². The first-order valence-corrected chi connectivity index (χ1v) is 12.8. The number of carbonyl (C=O) groups is 1. The Morgan fingerprint density at radius 1 is 0.972 bits per heavy atom. The number of thioether (sulfide) groups is 1. The number of aromatic nitrogens is 4. The Labute approximate surface area is 213 Å². The zero-order chi connectivity index (χ0) is 25.2. The SMILES string of the molecule is Cc1ccc(Cn2c(=O)c3ccc(C(=O)NC(C)C)cc3n3c(SCc4ccccc4)nnc23)cc1. The van der Waals surface area contributed by atoms with Crippen molar-refractivity contribution >= 4 is 34.3 Å². The minimum Gasteiger partial charge on any atom is -0.350 e. The van der Waals surface area contributed by atoms with E-state index in [1.165, 1.54) is 0 Å². The molecule has 0 fully saturated rings. The molecule has 0 bridgehead atoms. The fourth-order valence-corrected chi connectivity index (χ4v) is 5.00. The van der Waals surface area contributed by atoms with Gasteiger partial charge in [0.2, 0.25) is 5.78 Å². The standard InChI is InChI=1S/C28H27N5O2S/c1-18(2)29-25(34)22-13-14-23-24(15-22)33-27(30-31-28(33)36-17-21-7-5-4-6-8-21)32(26(23)35)16-20-11-9-19(3)10-12-20/h4-15,18H,16-17H2,1-3H3,(H,29,34). The van der Waals surface area contributed by atoms with Crippen LogP contribution in [0.2, 0.25) is 0 Å². The van der Waals surface area contributed by atoms with Crippen molar-refractivity contribution in [2.75, 3.05) is 0 Å². The van der Waals surface area contributed by atoms with Gasteiger partial charge in [0.05, 0.1) is 17.4 Å². The minimum absolute atomic E-state index is 0.00243. The van der Waals surface area contributed by atoms with Crippen molar-refractivity contribution in [3.05, 3.63) is 105 Å². The Kier molecular flexibility index (Phi) is 6.61. The Balaban J connectivity index is 1.67. The fourth-order valence-electron chi connectivity index (χ4n) is 4.10. The van der Waals surface area contributed by atoms with Crippen molar-refractivity contribution in [2.24, 2.45) is 0 Å². The van der Waals surface area contributed by atoms with Crippen LogP contribution in [0.25, 0.3) is 16.7 Å². The summed E-state index contributed by atoms with van der Waals surface area (Å²) in [5.41, 5.74) is 4.25. The predicted octanol–water partition coefficient (Wildman–Crippen LogP) is 4.83. The van der Waals surface area contributed by atoms with Gasteiger partial charge in [-0.15, -0.1) is 10.2 Å². The van der Waals surface area contributed by atoms with Gasteiger partial charge >= 0.3 is 0 Å². The summed E-state index contributed by atoms with van der Waals surface area (Å²) in [5.74, 6) is 0.966. The van der Waals surface area contributed by atoms with Crippen molar-refractivity contribution in [3.8, 4) is 0 Å². The van der Waals surface area contributed by atoms with Crippen LogP contribution < -0.4 is 10.9 Å². The van der Waals surface area contributed by atoms with Gasteiger partial charge in [0.25, 0.3) is 11.5 Å². The van der Waals surface area contributed by atoms with Gasteiger partial charge in [0.1, 0.15) is 0 Å². The molecule has 2 aromatic heterocycles. The quantitative estimate of drug-likeness (QED) is 0.326. The first kappa shape index (κ1) is 23.8. The van der Waals surface area contributed by atoms with Gasteiger partial charge in [-0.1, -0.05) is 71.9 Å². The van der Waals surface area contributed by atoms with Crippen molar-refractivity contribution in [3.63, 3.8) is 0 Å². The molecule has 3 aromatic carbocycles. The molecule has 5 rings (SSSR count). The highest BCUT2D eigenvalue weighted by Gasteiger charge is 2.19. The average molecular weight is 498 g/mol. The Morgan fingerprint density at radius 2 is 1.72 bits per heavy atom. The van der Waals surface area contributed by atoms with E-state index in [9.17, 15) is 9.59 Å². The summed E-state index contributed by atoms with van der Waals surface area (Å²) in [5, 5.41) is 13.0. The zero-order valence-electron chi connectivity index (χ0n) is 20.4. The van der Waals surface area contributed by atoms with E-state index in [0.717, 1.165) is 16.7 Å². The van der Waals surface area contributed by atoms with Gasteiger partial charge in [-0.3, -0.25) is 18.6 Å². The summed E-state index contributed by atoms with van der Waals surface area (Å²) >= 11 is 1.55. The summed E-state index contributed by atoms with van der Waals surface area (Å²) in [7, 11) is 0. The highest BCUT2D eigenvalue weighted by Crippen LogP contribution is 2.25. The molecule has 0 saturated heterocycles. The van der Waals surface area contributed by atoms with E-state index in [0.29, 0.717) is 39.7 Å². The molecular weight excluding hydrogens is 470 g/mol. The van der Waals surface area contributed by atoms with Gasteiger partial charge in [-0.25, -0.2) is 0 Å². The number of benzene rings is 3. The van der Waals surface area contributed by atoms with Crippen LogP contribution in [0.3, 0.4) is 0 Å². The number of nitrogens with zero attached hydrogens (tertiary/aromatic N) is 4. The van der Waals surface area contributed by atoms with E-state index in [-0.39, 0.29) is 17.5 Å². The molecule has 1 amide bonds. The fraction of sp³-hybridized carbons (Fsp3) is 0.214. The second-order valence-electron chi connectivity index (χ2n) is 9.13. The van der Waals surface area contributed by atoms with Crippen molar-refractivity contribution in [1.82, 2.24) is 24.5 Å². The normalized spacial score (nSPS) is 11.4. The van der Waals surface area contributed by atoms with Gasteiger partial charge in [-0.05, 0) is 50.1 Å². The summed E-state index contributed by atoms with van der Waals surface area (Å²) in [6.45, 7) is 6.24. The lowest BCUT2D eigenvalue weighted by atomic mass is 10.1. The molecule has 0 aliphatic rings. The first-order valence-electron chi connectivity index (χ1n) is 11.9. The third kappa shape index (κ3) is 4.77. The second-order valence-corrected chi connectivity index (χ2v) is 10.1. The van der Waals surface area contributed by atoms with Gasteiger partial charge < -0.3 is 5.32 Å². The molecule has 0 radical (unpaired) electrons. The lowest BCUT2D eigenvalue weighted by Gasteiger charge is -2.13. The Hall–Kier alpha value is -3.91. The molecule has 8 heteroatoms. The van der Waals surface area contributed by atoms with E-state index >= 15 is 0 Å². The number of amides is 1. The molecule has 5 aromatic rings. The van der Waals surface area contributed by atoms with Crippen LogP contribution in [0.4, 0.5) is 0 Å². The number of aryl methyl sites for hydroxylation is 1. The first-order chi connectivity index (χ1) is 17.4. The van der Waals surface area contributed by atoms with Crippen LogP contribution >= 0.6 is 11.8 Å². The van der Waals surface area contributed by atoms with E-state index in [1.807, 2.05) is 67.6 Å². The smallest absolute Gasteiger partial charge is 0.263 e. The molecule has 0 aliphatic heterocycles. The molecule has 2 heterocycles. The van der Waals surface area contributed by atoms with Crippen LogP contribution in [-0.4, -0.2) is 31.1 Å². The molecular formula is C28H27N5O2S. The molecule has 182 valence electrons. The van der Waals surface area contributed by atoms with Gasteiger partial charge in [0, 0.05) is 17.4 Å². The summed E-state index contributed by atoms with van der Waals surface area (Å²) < 4.78 is 3.55. The second kappa shape index (κ2) is 9.99. The molecule has 0 saturated carbocycles. The van der Waals surface area contributed by atoms with E-state index < -0.39 is 0 Å². The maximum Gasteiger partial charge on any atom is 0.263 e.